The van der Waals surface area contributed by atoms with Gasteiger partial charge in [-0.2, -0.15) is 5.10 Å². The van der Waals surface area contributed by atoms with Crippen LogP contribution < -0.4 is 5.32 Å². The summed E-state index contributed by atoms with van der Waals surface area (Å²) in [6.45, 7) is 1.63. The SMILES string of the molecule is O=C(NCC(=O)N1CCC2(CC1)CC2)c1ccc(Cl)c(-c2ccn[nH]2)c1. The Kier molecular flexibility index (Phi) is 4.44. The molecule has 0 atom stereocenters. The number of H-pyrrole nitrogens is 1. The van der Waals surface area contributed by atoms with Gasteiger partial charge in [-0.15, -0.1) is 0 Å². The predicted molar refractivity (Wildman–Crippen MR) is 98.8 cm³/mol. The number of hydrogen-bond donors (Lipinski definition) is 2. The normalized spacial score (nSPS) is 18.0. The Hall–Kier alpha value is -2.34. The van der Waals surface area contributed by atoms with E-state index in [0.29, 0.717) is 21.6 Å². The number of carbonyl (C=O) groups is 2. The fourth-order valence-electron chi connectivity index (χ4n) is 3.56. The maximum Gasteiger partial charge on any atom is 0.251 e. The number of likely N-dealkylation sites (tertiary alicyclic amines) is 1. The monoisotopic (exact) mass is 372 g/mol. The summed E-state index contributed by atoms with van der Waals surface area (Å²) >= 11 is 6.21. The molecule has 1 aliphatic carbocycles. The molecule has 0 radical (unpaired) electrons. The number of nitrogens with zero attached hydrogens (tertiary/aromatic N) is 2. The zero-order valence-electron chi connectivity index (χ0n) is 14.4. The molecule has 0 bridgehead atoms. The number of amides is 2. The third-order valence-electron chi connectivity index (χ3n) is 5.55. The van der Waals surface area contributed by atoms with Crippen LogP contribution in [0.2, 0.25) is 5.02 Å². The molecule has 2 fully saturated rings. The summed E-state index contributed by atoms with van der Waals surface area (Å²) in [5.41, 5.74) is 2.44. The zero-order chi connectivity index (χ0) is 18.1. The maximum absolute atomic E-state index is 12.4. The number of halogens is 1. The highest BCUT2D eigenvalue weighted by molar-refractivity contribution is 6.33. The molecular formula is C19H21ClN4O2. The Balaban J connectivity index is 1.36. The molecule has 1 aliphatic heterocycles. The van der Waals surface area contributed by atoms with E-state index in [1.807, 2.05) is 4.90 Å². The highest BCUT2D eigenvalue weighted by atomic mass is 35.5. The first-order valence-corrected chi connectivity index (χ1v) is 9.29. The molecule has 1 saturated carbocycles. The average molecular weight is 373 g/mol. The second kappa shape index (κ2) is 6.76. The maximum atomic E-state index is 12.4. The lowest BCUT2D eigenvalue weighted by Gasteiger charge is -2.32. The standard InChI is InChI=1S/C19H21ClN4O2/c20-15-2-1-13(11-14(15)16-3-8-22-23-16)18(26)21-12-17(25)24-9-6-19(4-5-19)7-10-24/h1-3,8,11H,4-7,9-10,12H2,(H,21,26)(H,22,23). The number of aromatic amines is 1. The molecule has 1 aromatic heterocycles. The van der Waals surface area contributed by atoms with Gasteiger partial charge in [-0.1, -0.05) is 11.6 Å². The highest BCUT2D eigenvalue weighted by Crippen LogP contribution is 2.53. The molecule has 1 saturated heterocycles. The first-order chi connectivity index (χ1) is 12.6. The van der Waals surface area contributed by atoms with E-state index in [4.69, 9.17) is 11.6 Å². The number of carbonyl (C=O) groups excluding carboxylic acids is 2. The zero-order valence-corrected chi connectivity index (χ0v) is 15.2. The van der Waals surface area contributed by atoms with Gasteiger partial charge in [0.15, 0.2) is 0 Å². The van der Waals surface area contributed by atoms with Crippen LogP contribution in [0.1, 0.15) is 36.0 Å². The highest BCUT2D eigenvalue weighted by Gasteiger charge is 2.44. The van der Waals surface area contributed by atoms with Gasteiger partial charge in [0, 0.05) is 35.4 Å². The molecule has 1 spiro atoms. The molecule has 2 aromatic rings. The topological polar surface area (TPSA) is 78.1 Å². The van der Waals surface area contributed by atoms with Crippen molar-refractivity contribution in [3.8, 4) is 11.3 Å². The number of benzene rings is 1. The van der Waals surface area contributed by atoms with Gasteiger partial charge in [0.05, 0.1) is 12.2 Å². The molecule has 2 N–H and O–H groups in total. The van der Waals surface area contributed by atoms with Gasteiger partial charge in [-0.3, -0.25) is 14.7 Å². The van der Waals surface area contributed by atoms with E-state index in [0.717, 1.165) is 31.6 Å². The van der Waals surface area contributed by atoms with Crippen molar-refractivity contribution < 1.29 is 9.59 Å². The van der Waals surface area contributed by atoms with Gasteiger partial charge in [0.2, 0.25) is 5.91 Å². The molecule has 2 heterocycles. The largest absolute Gasteiger partial charge is 0.343 e. The first-order valence-electron chi connectivity index (χ1n) is 8.92. The second-order valence-corrected chi connectivity index (χ2v) is 7.64. The van der Waals surface area contributed by atoms with Crippen molar-refractivity contribution in [1.29, 1.82) is 0 Å². The minimum atomic E-state index is -0.286. The fourth-order valence-corrected chi connectivity index (χ4v) is 3.78. The number of hydrogen-bond acceptors (Lipinski definition) is 3. The van der Waals surface area contributed by atoms with Gasteiger partial charge in [-0.25, -0.2) is 0 Å². The number of rotatable bonds is 4. The van der Waals surface area contributed by atoms with Crippen LogP contribution in [-0.2, 0) is 4.79 Å². The lowest BCUT2D eigenvalue weighted by Crippen LogP contribution is -2.44. The van der Waals surface area contributed by atoms with Crippen LogP contribution in [0.15, 0.2) is 30.5 Å². The predicted octanol–water partition coefficient (Wildman–Crippen LogP) is 2.86. The fraction of sp³-hybridized carbons (Fsp3) is 0.421. The molecule has 26 heavy (non-hydrogen) atoms. The van der Waals surface area contributed by atoms with E-state index >= 15 is 0 Å². The Labute approximate surface area is 156 Å². The third-order valence-corrected chi connectivity index (χ3v) is 5.88. The van der Waals surface area contributed by atoms with Crippen molar-refractivity contribution in [1.82, 2.24) is 20.4 Å². The summed E-state index contributed by atoms with van der Waals surface area (Å²) in [6.07, 6.45) is 6.43. The summed E-state index contributed by atoms with van der Waals surface area (Å²) in [5, 5.41) is 10.0. The van der Waals surface area contributed by atoms with Crippen LogP contribution in [0.3, 0.4) is 0 Å². The second-order valence-electron chi connectivity index (χ2n) is 7.23. The minimum absolute atomic E-state index is 0.0170. The molecule has 0 unspecified atom stereocenters. The Bertz CT molecular complexity index is 820. The van der Waals surface area contributed by atoms with Gasteiger partial charge in [-0.05, 0) is 55.4 Å². The quantitative estimate of drug-likeness (QED) is 0.866. The molecule has 136 valence electrons. The minimum Gasteiger partial charge on any atom is -0.343 e. The molecule has 4 rings (SSSR count). The molecule has 7 heteroatoms. The van der Waals surface area contributed by atoms with E-state index in [9.17, 15) is 9.59 Å². The number of nitrogens with one attached hydrogen (secondary N) is 2. The summed E-state index contributed by atoms with van der Waals surface area (Å²) in [4.78, 5) is 26.6. The molecule has 1 aromatic carbocycles. The van der Waals surface area contributed by atoms with Crippen LogP contribution in [0.25, 0.3) is 11.3 Å². The molecular weight excluding hydrogens is 352 g/mol. The lowest BCUT2D eigenvalue weighted by molar-refractivity contribution is -0.131. The summed E-state index contributed by atoms with van der Waals surface area (Å²) in [7, 11) is 0. The van der Waals surface area contributed by atoms with E-state index in [2.05, 4.69) is 15.5 Å². The van der Waals surface area contributed by atoms with E-state index in [1.165, 1.54) is 12.8 Å². The number of piperidine rings is 1. The van der Waals surface area contributed by atoms with Crippen molar-refractivity contribution in [2.75, 3.05) is 19.6 Å². The van der Waals surface area contributed by atoms with Crippen molar-refractivity contribution in [2.24, 2.45) is 5.41 Å². The molecule has 6 nitrogen and oxygen atoms in total. The van der Waals surface area contributed by atoms with Crippen molar-refractivity contribution in [3.05, 3.63) is 41.0 Å². The van der Waals surface area contributed by atoms with Crippen LogP contribution >= 0.6 is 11.6 Å². The van der Waals surface area contributed by atoms with Crippen molar-refractivity contribution in [2.45, 2.75) is 25.7 Å². The van der Waals surface area contributed by atoms with Gasteiger partial charge in [0.25, 0.3) is 5.91 Å². The van der Waals surface area contributed by atoms with Gasteiger partial charge >= 0.3 is 0 Å². The molecule has 2 amide bonds. The Morgan fingerprint density at radius 2 is 1.96 bits per heavy atom. The van der Waals surface area contributed by atoms with Crippen molar-refractivity contribution >= 4 is 23.4 Å². The van der Waals surface area contributed by atoms with Crippen molar-refractivity contribution in [3.63, 3.8) is 0 Å². The average Bonchev–Trinajstić information content (AvgIpc) is 3.19. The van der Waals surface area contributed by atoms with E-state index < -0.39 is 0 Å². The van der Waals surface area contributed by atoms with Crippen LogP contribution in [0.5, 0.6) is 0 Å². The smallest absolute Gasteiger partial charge is 0.251 e. The van der Waals surface area contributed by atoms with E-state index in [1.54, 1.807) is 30.5 Å². The lowest BCUT2D eigenvalue weighted by atomic mass is 9.94. The summed E-state index contributed by atoms with van der Waals surface area (Å²) < 4.78 is 0. The van der Waals surface area contributed by atoms with Crippen LogP contribution in [0.4, 0.5) is 0 Å². The number of aromatic nitrogens is 2. The molecule has 2 aliphatic rings. The van der Waals surface area contributed by atoms with Gasteiger partial charge in [0.1, 0.15) is 0 Å². The van der Waals surface area contributed by atoms with Crippen LogP contribution in [0, 0.1) is 5.41 Å². The summed E-state index contributed by atoms with van der Waals surface area (Å²) in [5.74, 6) is -0.303. The van der Waals surface area contributed by atoms with E-state index in [-0.39, 0.29) is 18.4 Å². The first kappa shape index (κ1) is 17.1. The van der Waals surface area contributed by atoms with Crippen LogP contribution in [-0.4, -0.2) is 46.5 Å². The summed E-state index contributed by atoms with van der Waals surface area (Å²) in [6, 6.07) is 6.82. The third kappa shape index (κ3) is 3.46. The Morgan fingerprint density at radius 1 is 1.19 bits per heavy atom. The van der Waals surface area contributed by atoms with Gasteiger partial charge < -0.3 is 10.2 Å². The Morgan fingerprint density at radius 3 is 2.62 bits per heavy atom.